The van der Waals surface area contributed by atoms with E-state index in [2.05, 4.69) is 27.3 Å². The maximum absolute atomic E-state index is 9.01. The van der Waals surface area contributed by atoms with Crippen molar-refractivity contribution >= 4 is 15.9 Å². The van der Waals surface area contributed by atoms with Crippen molar-refractivity contribution in [2.45, 2.75) is 18.9 Å². The fourth-order valence-electron chi connectivity index (χ4n) is 1.79. The van der Waals surface area contributed by atoms with Gasteiger partial charge in [-0.05, 0) is 44.1 Å². The van der Waals surface area contributed by atoms with E-state index in [0.717, 1.165) is 30.4 Å². The maximum atomic E-state index is 9.01. The van der Waals surface area contributed by atoms with Crippen LogP contribution >= 0.6 is 15.9 Å². The second-order valence-electron chi connectivity index (χ2n) is 3.82. The first-order valence-corrected chi connectivity index (χ1v) is 6.16. The Bertz CT molecular complexity index is 408. The van der Waals surface area contributed by atoms with E-state index in [1.807, 2.05) is 12.1 Å². The van der Waals surface area contributed by atoms with Crippen molar-refractivity contribution in [1.82, 2.24) is 5.32 Å². The number of piperidine rings is 1. The average molecular weight is 281 g/mol. The number of ether oxygens (including phenoxy) is 1. The number of nitriles is 1. The second kappa shape index (κ2) is 5.33. The smallest absolute Gasteiger partial charge is 0.137 e. The highest BCUT2D eigenvalue weighted by Gasteiger charge is 2.16. The van der Waals surface area contributed by atoms with E-state index in [0.29, 0.717) is 11.3 Å². The van der Waals surface area contributed by atoms with Crippen LogP contribution in [0.25, 0.3) is 0 Å². The summed E-state index contributed by atoms with van der Waals surface area (Å²) in [5.41, 5.74) is 0.591. The topological polar surface area (TPSA) is 45.0 Å². The Kier molecular flexibility index (Phi) is 3.81. The minimum Gasteiger partial charge on any atom is -0.489 e. The second-order valence-corrected chi connectivity index (χ2v) is 4.74. The molecular formula is C12H13BrN2O. The summed E-state index contributed by atoms with van der Waals surface area (Å²) in [6, 6.07) is 7.70. The predicted octanol–water partition coefficient (Wildman–Crippen LogP) is 2.45. The van der Waals surface area contributed by atoms with E-state index in [4.69, 9.17) is 10.00 Å². The third-order valence-electron chi connectivity index (χ3n) is 2.64. The number of benzene rings is 1. The molecule has 0 aromatic heterocycles. The maximum Gasteiger partial charge on any atom is 0.137 e. The van der Waals surface area contributed by atoms with Gasteiger partial charge in [0.15, 0.2) is 0 Å². The van der Waals surface area contributed by atoms with E-state index in [1.54, 1.807) is 6.07 Å². The summed E-state index contributed by atoms with van der Waals surface area (Å²) in [5.74, 6) is 0.692. The minimum atomic E-state index is 0.231. The SMILES string of the molecule is N#Cc1cc(Br)ccc1OC1CCNCC1. The summed E-state index contributed by atoms with van der Waals surface area (Å²) in [6.45, 7) is 1.98. The van der Waals surface area contributed by atoms with E-state index in [9.17, 15) is 0 Å². The normalized spacial score (nSPS) is 16.8. The van der Waals surface area contributed by atoms with Gasteiger partial charge in [-0.25, -0.2) is 0 Å². The number of hydrogen-bond donors (Lipinski definition) is 1. The molecule has 1 aliphatic rings. The monoisotopic (exact) mass is 280 g/mol. The first-order chi connectivity index (χ1) is 7.79. The molecule has 1 aromatic rings. The molecule has 16 heavy (non-hydrogen) atoms. The van der Waals surface area contributed by atoms with Gasteiger partial charge in [0.05, 0.1) is 5.56 Å². The molecule has 0 aliphatic carbocycles. The lowest BCUT2D eigenvalue weighted by atomic mass is 10.1. The third-order valence-corrected chi connectivity index (χ3v) is 3.14. The number of rotatable bonds is 2. The summed E-state index contributed by atoms with van der Waals surface area (Å²) in [5, 5.41) is 12.3. The average Bonchev–Trinajstić information content (AvgIpc) is 2.33. The molecule has 1 fully saturated rings. The summed E-state index contributed by atoms with van der Waals surface area (Å²) in [7, 11) is 0. The Balaban J connectivity index is 2.11. The summed E-state index contributed by atoms with van der Waals surface area (Å²) in [6.07, 6.45) is 2.23. The van der Waals surface area contributed by atoms with Crippen LogP contribution in [0.5, 0.6) is 5.75 Å². The lowest BCUT2D eigenvalue weighted by molar-refractivity contribution is 0.162. The summed E-state index contributed by atoms with van der Waals surface area (Å²) in [4.78, 5) is 0. The first kappa shape index (κ1) is 11.4. The molecule has 0 amide bonds. The molecule has 0 radical (unpaired) electrons. The lowest BCUT2D eigenvalue weighted by Gasteiger charge is -2.24. The van der Waals surface area contributed by atoms with Gasteiger partial charge in [-0.2, -0.15) is 5.26 Å². The number of hydrogen-bond acceptors (Lipinski definition) is 3. The van der Waals surface area contributed by atoms with Crippen LogP contribution in [0.3, 0.4) is 0 Å². The highest BCUT2D eigenvalue weighted by molar-refractivity contribution is 9.10. The van der Waals surface area contributed by atoms with Crippen LogP contribution in [-0.4, -0.2) is 19.2 Å². The fourth-order valence-corrected chi connectivity index (χ4v) is 2.15. The lowest BCUT2D eigenvalue weighted by Crippen LogP contribution is -2.34. The number of halogens is 1. The van der Waals surface area contributed by atoms with Crippen LogP contribution in [0.1, 0.15) is 18.4 Å². The van der Waals surface area contributed by atoms with Crippen molar-refractivity contribution < 1.29 is 4.74 Å². The van der Waals surface area contributed by atoms with Gasteiger partial charge in [-0.15, -0.1) is 0 Å². The van der Waals surface area contributed by atoms with E-state index >= 15 is 0 Å². The van der Waals surface area contributed by atoms with Crippen molar-refractivity contribution in [2.75, 3.05) is 13.1 Å². The highest BCUT2D eigenvalue weighted by Crippen LogP contribution is 2.24. The van der Waals surface area contributed by atoms with Crippen molar-refractivity contribution in [3.05, 3.63) is 28.2 Å². The molecule has 0 spiro atoms. The van der Waals surface area contributed by atoms with Gasteiger partial charge >= 0.3 is 0 Å². The Hall–Kier alpha value is -1.05. The molecule has 1 saturated heterocycles. The van der Waals surface area contributed by atoms with Gasteiger partial charge in [0.1, 0.15) is 17.9 Å². The largest absolute Gasteiger partial charge is 0.489 e. The van der Waals surface area contributed by atoms with Gasteiger partial charge in [0, 0.05) is 4.47 Å². The third kappa shape index (κ3) is 2.75. The molecule has 1 heterocycles. The zero-order chi connectivity index (χ0) is 11.4. The van der Waals surface area contributed by atoms with Crippen LogP contribution < -0.4 is 10.1 Å². The molecule has 1 N–H and O–H groups in total. The Labute approximate surface area is 104 Å². The van der Waals surface area contributed by atoms with Crippen LogP contribution in [0.15, 0.2) is 22.7 Å². The predicted molar refractivity (Wildman–Crippen MR) is 65.4 cm³/mol. The molecule has 84 valence electrons. The molecule has 1 aliphatic heterocycles. The molecule has 0 unspecified atom stereocenters. The molecule has 3 nitrogen and oxygen atoms in total. The zero-order valence-electron chi connectivity index (χ0n) is 8.87. The van der Waals surface area contributed by atoms with Gasteiger partial charge in [-0.1, -0.05) is 15.9 Å². The molecule has 0 bridgehead atoms. The van der Waals surface area contributed by atoms with Gasteiger partial charge < -0.3 is 10.1 Å². The van der Waals surface area contributed by atoms with Gasteiger partial charge in [0.2, 0.25) is 0 Å². The zero-order valence-corrected chi connectivity index (χ0v) is 10.5. The first-order valence-electron chi connectivity index (χ1n) is 5.36. The minimum absolute atomic E-state index is 0.231. The van der Waals surface area contributed by atoms with Crippen LogP contribution in [0.2, 0.25) is 0 Å². The fraction of sp³-hybridized carbons (Fsp3) is 0.417. The Morgan fingerprint density at radius 2 is 2.12 bits per heavy atom. The van der Waals surface area contributed by atoms with Crippen LogP contribution in [-0.2, 0) is 0 Å². The van der Waals surface area contributed by atoms with E-state index in [1.165, 1.54) is 0 Å². The summed E-state index contributed by atoms with van der Waals surface area (Å²) >= 11 is 3.35. The van der Waals surface area contributed by atoms with Crippen molar-refractivity contribution in [3.8, 4) is 11.8 Å². The molecule has 0 atom stereocenters. The Morgan fingerprint density at radius 3 is 2.81 bits per heavy atom. The van der Waals surface area contributed by atoms with Crippen LogP contribution in [0.4, 0.5) is 0 Å². The highest BCUT2D eigenvalue weighted by atomic mass is 79.9. The molecule has 2 rings (SSSR count). The van der Waals surface area contributed by atoms with E-state index < -0.39 is 0 Å². The van der Waals surface area contributed by atoms with Gasteiger partial charge in [-0.3, -0.25) is 0 Å². The summed E-state index contributed by atoms with van der Waals surface area (Å²) < 4.78 is 6.75. The van der Waals surface area contributed by atoms with Gasteiger partial charge in [0.25, 0.3) is 0 Å². The number of nitrogens with one attached hydrogen (secondary N) is 1. The van der Waals surface area contributed by atoms with Crippen molar-refractivity contribution in [1.29, 1.82) is 5.26 Å². The standard InChI is InChI=1S/C12H13BrN2O/c13-10-1-2-12(9(7-10)8-14)16-11-3-5-15-6-4-11/h1-2,7,11,15H,3-6H2. The quantitative estimate of drug-likeness (QED) is 0.905. The van der Waals surface area contributed by atoms with Crippen LogP contribution in [0, 0.1) is 11.3 Å². The Morgan fingerprint density at radius 1 is 1.38 bits per heavy atom. The number of nitrogens with zero attached hydrogens (tertiary/aromatic N) is 1. The van der Waals surface area contributed by atoms with E-state index in [-0.39, 0.29) is 6.10 Å². The molecular weight excluding hydrogens is 268 g/mol. The molecule has 1 aromatic carbocycles. The molecule has 4 heteroatoms. The van der Waals surface area contributed by atoms with Crippen molar-refractivity contribution in [2.24, 2.45) is 0 Å². The molecule has 0 saturated carbocycles. The van der Waals surface area contributed by atoms with Crippen molar-refractivity contribution in [3.63, 3.8) is 0 Å².